The number of halogens is 1. The summed E-state index contributed by atoms with van der Waals surface area (Å²) in [7, 11) is 2.12. The van der Waals surface area contributed by atoms with Crippen LogP contribution in [0, 0.1) is 0 Å². The Bertz CT molecular complexity index is 860. The molecule has 3 aromatic rings. The van der Waals surface area contributed by atoms with Crippen LogP contribution >= 0.6 is 11.8 Å². The summed E-state index contributed by atoms with van der Waals surface area (Å²) in [6.07, 6.45) is 6.45. The van der Waals surface area contributed by atoms with Crippen LogP contribution in [0.5, 0.6) is 0 Å². The van der Waals surface area contributed by atoms with E-state index in [0.29, 0.717) is 0 Å². The van der Waals surface area contributed by atoms with Gasteiger partial charge < -0.3 is 28.9 Å². The molecule has 0 spiro atoms. The Labute approximate surface area is 163 Å². The first-order chi connectivity index (χ1) is 11.3. The van der Waals surface area contributed by atoms with Gasteiger partial charge in [0.1, 0.15) is 0 Å². The Hall–Kier alpha value is -1.79. The number of aromatic nitrogens is 1. The van der Waals surface area contributed by atoms with Crippen LogP contribution in [0.1, 0.15) is 5.56 Å². The van der Waals surface area contributed by atoms with Crippen molar-refractivity contribution in [1.29, 1.82) is 0 Å². The highest BCUT2D eigenvalue weighted by Crippen LogP contribution is 2.45. The molecular formula is C20H17IN2S. The van der Waals surface area contributed by atoms with Gasteiger partial charge in [0.2, 0.25) is 5.69 Å². The van der Waals surface area contributed by atoms with Gasteiger partial charge in [0.25, 0.3) is 0 Å². The molecule has 120 valence electrons. The number of hydrogen-bond acceptors (Lipinski definition) is 2. The van der Waals surface area contributed by atoms with Crippen LogP contribution in [0.2, 0.25) is 0 Å². The molecule has 2 aromatic carbocycles. The van der Waals surface area contributed by atoms with Crippen LogP contribution in [0.4, 0.5) is 5.69 Å². The van der Waals surface area contributed by atoms with E-state index in [1.54, 1.807) is 0 Å². The molecule has 0 unspecified atom stereocenters. The molecule has 0 aliphatic carbocycles. The van der Waals surface area contributed by atoms with Gasteiger partial charge in [0.05, 0.1) is 10.7 Å². The van der Waals surface area contributed by atoms with Crippen molar-refractivity contribution < 1.29 is 28.5 Å². The quantitative estimate of drug-likeness (QED) is 0.437. The normalized spacial score (nSPS) is 14.4. The smallest absolute Gasteiger partial charge is 0.210 e. The van der Waals surface area contributed by atoms with Gasteiger partial charge in [-0.05, 0) is 23.8 Å². The number of hydrogen-bond donors (Lipinski definition) is 0. The zero-order chi connectivity index (χ0) is 15.6. The summed E-state index contributed by atoms with van der Waals surface area (Å²) in [5, 5.41) is 1.25. The standard InChI is InChI=1S/C20H17N2S.HI/c1-21-18-9-5-6-10-19(18)23-20(21)15-16-11-13-22(14-12-16)17-7-3-2-4-8-17;/h2-15H,1H3;1H/q+1;/p-1. The van der Waals surface area contributed by atoms with Crippen molar-refractivity contribution in [3.05, 3.63) is 89.7 Å². The monoisotopic (exact) mass is 444 g/mol. The van der Waals surface area contributed by atoms with E-state index in [1.807, 2.05) is 17.8 Å². The molecule has 2 nitrogen and oxygen atoms in total. The summed E-state index contributed by atoms with van der Waals surface area (Å²) in [5.74, 6) is 0. The van der Waals surface area contributed by atoms with Crippen LogP contribution in [0.3, 0.4) is 0 Å². The fraction of sp³-hybridized carbons (Fsp3) is 0.0500. The van der Waals surface area contributed by atoms with Crippen LogP contribution in [0.15, 0.2) is 89.0 Å². The molecule has 0 radical (unpaired) electrons. The minimum absolute atomic E-state index is 0. The molecule has 0 bridgehead atoms. The van der Waals surface area contributed by atoms with Gasteiger partial charge >= 0.3 is 0 Å². The van der Waals surface area contributed by atoms with Crippen molar-refractivity contribution >= 4 is 23.5 Å². The Balaban J connectivity index is 0.00000169. The number of anilines is 1. The fourth-order valence-electron chi connectivity index (χ4n) is 2.70. The molecule has 1 aliphatic heterocycles. The van der Waals surface area contributed by atoms with Gasteiger partial charge in [-0.2, -0.15) is 4.57 Å². The lowest BCUT2D eigenvalue weighted by Crippen LogP contribution is -3.00. The van der Waals surface area contributed by atoms with Crippen molar-refractivity contribution in [3.8, 4) is 5.69 Å². The predicted molar refractivity (Wildman–Crippen MR) is 96.7 cm³/mol. The minimum Gasteiger partial charge on any atom is -1.00 e. The van der Waals surface area contributed by atoms with Gasteiger partial charge in [-0.1, -0.05) is 42.1 Å². The molecule has 2 heterocycles. The highest BCUT2D eigenvalue weighted by Gasteiger charge is 2.21. The number of benzene rings is 2. The first-order valence-electron chi connectivity index (χ1n) is 7.60. The van der Waals surface area contributed by atoms with E-state index in [0.717, 1.165) is 0 Å². The summed E-state index contributed by atoms with van der Waals surface area (Å²) >= 11 is 1.82. The van der Waals surface area contributed by atoms with Crippen molar-refractivity contribution in [1.82, 2.24) is 0 Å². The second-order valence-electron chi connectivity index (χ2n) is 5.49. The Morgan fingerprint density at radius 3 is 2.25 bits per heavy atom. The lowest BCUT2D eigenvalue weighted by atomic mass is 10.2. The Morgan fingerprint density at radius 2 is 1.54 bits per heavy atom. The Morgan fingerprint density at radius 1 is 0.875 bits per heavy atom. The molecule has 0 N–H and O–H groups in total. The molecule has 1 aromatic heterocycles. The van der Waals surface area contributed by atoms with E-state index in [9.17, 15) is 0 Å². The molecule has 24 heavy (non-hydrogen) atoms. The largest absolute Gasteiger partial charge is 1.00 e. The third kappa shape index (κ3) is 3.35. The van der Waals surface area contributed by atoms with Crippen molar-refractivity contribution in [2.24, 2.45) is 0 Å². The summed E-state index contributed by atoms with van der Waals surface area (Å²) in [4.78, 5) is 3.56. The van der Waals surface area contributed by atoms with Crippen LogP contribution in [-0.2, 0) is 0 Å². The number of rotatable bonds is 2. The minimum atomic E-state index is 0. The van der Waals surface area contributed by atoms with E-state index < -0.39 is 0 Å². The molecule has 0 fully saturated rings. The second-order valence-corrected chi connectivity index (χ2v) is 6.55. The molecule has 0 amide bonds. The van der Waals surface area contributed by atoms with Crippen molar-refractivity contribution in [2.75, 3.05) is 11.9 Å². The second kappa shape index (κ2) is 7.40. The lowest BCUT2D eigenvalue weighted by molar-refractivity contribution is -0.595. The first kappa shape index (κ1) is 17.0. The summed E-state index contributed by atoms with van der Waals surface area (Å²) in [5.41, 5.74) is 3.66. The number of pyridine rings is 1. The molecular weight excluding hydrogens is 427 g/mol. The molecule has 4 rings (SSSR count). The van der Waals surface area contributed by atoms with E-state index in [1.165, 1.54) is 26.9 Å². The molecule has 0 saturated carbocycles. The molecule has 0 saturated heterocycles. The summed E-state index contributed by atoms with van der Waals surface area (Å²) in [6, 6.07) is 23.2. The zero-order valence-electron chi connectivity index (χ0n) is 13.3. The first-order valence-corrected chi connectivity index (χ1v) is 8.42. The summed E-state index contributed by atoms with van der Waals surface area (Å²) < 4.78 is 2.13. The van der Waals surface area contributed by atoms with Gasteiger partial charge in [-0.3, -0.25) is 0 Å². The highest BCUT2D eigenvalue weighted by molar-refractivity contribution is 8.03. The topological polar surface area (TPSA) is 7.12 Å². The summed E-state index contributed by atoms with van der Waals surface area (Å²) in [6.45, 7) is 0. The van der Waals surface area contributed by atoms with Gasteiger partial charge in [-0.15, -0.1) is 0 Å². The third-order valence-electron chi connectivity index (χ3n) is 3.97. The van der Waals surface area contributed by atoms with Gasteiger partial charge in [0, 0.05) is 36.2 Å². The molecule has 4 heteroatoms. The average molecular weight is 444 g/mol. The Kier molecular flexibility index (Phi) is 5.26. The maximum Gasteiger partial charge on any atom is 0.210 e. The van der Waals surface area contributed by atoms with E-state index in [4.69, 9.17) is 0 Å². The number of fused-ring (bicyclic) bond motifs is 1. The maximum atomic E-state index is 2.25. The lowest BCUT2D eigenvalue weighted by Gasteiger charge is -2.13. The molecule has 1 aliphatic rings. The number of nitrogens with zero attached hydrogens (tertiary/aromatic N) is 2. The SMILES string of the molecule is CN1/C(=C/c2cc[n+](-c3ccccc3)cc2)Sc2ccccc21.[I-]. The van der Waals surface area contributed by atoms with E-state index in [-0.39, 0.29) is 24.0 Å². The van der Waals surface area contributed by atoms with E-state index in [2.05, 4.69) is 95.6 Å². The zero-order valence-corrected chi connectivity index (χ0v) is 16.2. The third-order valence-corrected chi connectivity index (χ3v) is 5.14. The van der Waals surface area contributed by atoms with Crippen LogP contribution in [-0.4, -0.2) is 7.05 Å². The van der Waals surface area contributed by atoms with Crippen LogP contribution < -0.4 is 33.4 Å². The van der Waals surface area contributed by atoms with E-state index >= 15 is 0 Å². The number of thioether (sulfide) groups is 1. The number of para-hydroxylation sites is 2. The average Bonchev–Trinajstić information content (AvgIpc) is 2.93. The van der Waals surface area contributed by atoms with Crippen molar-refractivity contribution in [3.63, 3.8) is 0 Å². The van der Waals surface area contributed by atoms with Gasteiger partial charge in [0.15, 0.2) is 12.4 Å². The fourth-order valence-corrected chi connectivity index (χ4v) is 3.81. The van der Waals surface area contributed by atoms with Gasteiger partial charge in [-0.25, -0.2) is 0 Å². The highest BCUT2D eigenvalue weighted by atomic mass is 127. The van der Waals surface area contributed by atoms with Crippen LogP contribution in [0.25, 0.3) is 11.8 Å². The maximum absolute atomic E-state index is 2.25. The predicted octanol–water partition coefficient (Wildman–Crippen LogP) is 1.51. The van der Waals surface area contributed by atoms with Crippen molar-refractivity contribution in [2.45, 2.75) is 4.90 Å². The molecule has 0 atom stereocenters.